The minimum Gasteiger partial charge on any atom is -0.302 e. The molecule has 0 spiro atoms. The fraction of sp³-hybridized carbons (Fsp3) is 0.500. The van der Waals surface area contributed by atoms with Crippen LogP contribution < -0.4 is 0 Å². The lowest BCUT2D eigenvalue weighted by Gasteiger charge is -2.14. The molecule has 0 radical (unpaired) electrons. The standard InChI is InChI=1S/C12H17NO2S/c14-16(15,12-6-2-1-3-7-12)11-10-13-8-4-5-9-13/h1-3,6-7H,4-5,8-11H2. The Hall–Kier alpha value is -0.870. The lowest BCUT2D eigenvalue weighted by molar-refractivity contribution is 0.359. The monoisotopic (exact) mass is 239 g/mol. The number of likely N-dealkylation sites (tertiary alicyclic amines) is 1. The van der Waals surface area contributed by atoms with Gasteiger partial charge in [0, 0.05) is 6.54 Å². The summed E-state index contributed by atoms with van der Waals surface area (Å²) in [6.07, 6.45) is 2.40. The Kier molecular flexibility index (Phi) is 3.61. The largest absolute Gasteiger partial charge is 0.302 e. The second-order valence-electron chi connectivity index (χ2n) is 4.18. The van der Waals surface area contributed by atoms with E-state index >= 15 is 0 Å². The summed E-state index contributed by atoms with van der Waals surface area (Å²) in [5.74, 6) is 0.233. The lowest BCUT2D eigenvalue weighted by Crippen LogP contribution is -2.26. The predicted molar refractivity (Wildman–Crippen MR) is 64.2 cm³/mol. The molecule has 2 rings (SSSR count). The fourth-order valence-electron chi connectivity index (χ4n) is 2.00. The van der Waals surface area contributed by atoms with Gasteiger partial charge in [0.15, 0.2) is 9.84 Å². The van der Waals surface area contributed by atoms with E-state index in [1.54, 1.807) is 24.3 Å². The van der Waals surface area contributed by atoms with Gasteiger partial charge in [-0.25, -0.2) is 8.42 Å². The summed E-state index contributed by atoms with van der Waals surface area (Å²) >= 11 is 0. The Bertz CT molecular complexity index is 422. The van der Waals surface area contributed by atoms with E-state index < -0.39 is 9.84 Å². The third-order valence-corrected chi connectivity index (χ3v) is 4.69. The molecule has 1 aromatic carbocycles. The first-order chi connectivity index (χ1) is 7.68. The molecule has 88 valence electrons. The molecular formula is C12H17NO2S. The maximum absolute atomic E-state index is 12.0. The van der Waals surface area contributed by atoms with E-state index in [4.69, 9.17) is 0 Å². The maximum Gasteiger partial charge on any atom is 0.179 e. The van der Waals surface area contributed by atoms with Crippen LogP contribution in [0.3, 0.4) is 0 Å². The van der Waals surface area contributed by atoms with Crippen LogP contribution in [0.5, 0.6) is 0 Å². The zero-order chi connectivity index (χ0) is 11.4. The van der Waals surface area contributed by atoms with Crippen LogP contribution in [0.4, 0.5) is 0 Å². The highest BCUT2D eigenvalue weighted by Gasteiger charge is 2.17. The molecule has 1 fully saturated rings. The Morgan fingerprint density at radius 2 is 1.69 bits per heavy atom. The number of rotatable bonds is 4. The zero-order valence-electron chi connectivity index (χ0n) is 9.30. The lowest BCUT2D eigenvalue weighted by atomic mass is 10.4. The molecule has 0 aromatic heterocycles. The van der Waals surface area contributed by atoms with Gasteiger partial charge in [-0.15, -0.1) is 0 Å². The highest BCUT2D eigenvalue weighted by molar-refractivity contribution is 7.91. The Balaban J connectivity index is 1.98. The zero-order valence-corrected chi connectivity index (χ0v) is 10.1. The molecule has 0 saturated carbocycles. The van der Waals surface area contributed by atoms with Crippen molar-refractivity contribution < 1.29 is 8.42 Å². The summed E-state index contributed by atoms with van der Waals surface area (Å²) in [6, 6.07) is 8.70. The van der Waals surface area contributed by atoms with Crippen LogP contribution >= 0.6 is 0 Å². The molecule has 3 nitrogen and oxygen atoms in total. The summed E-state index contributed by atoms with van der Waals surface area (Å²) in [4.78, 5) is 2.66. The number of hydrogen-bond donors (Lipinski definition) is 0. The Labute approximate surface area is 97.0 Å². The van der Waals surface area contributed by atoms with Gasteiger partial charge >= 0.3 is 0 Å². The van der Waals surface area contributed by atoms with Gasteiger partial charge in [-0.3, -0.25) is 0 Å². The number of sulfone groups is 1. The highest BCUT2D eigenvalue weighted by atomic mass is 32.2. The van der Waals surface area contributed by atoms with Crippen LogP contribution in [-0.4, -0.2) is 38.7 Å². The SMILES string of the molecule is O=S(=O)(CCN1CCCC1)c1ccccc1. The van der Waals surface area contributed by atoms with Crippen molar-refractivity contribution in [3.8, 4) is 0 Å². The minimum absolute atomic E-state index is 0.233. The van der Waals surface area contributed by atoms with Gasteiger partial charge < -0.3 is 4.90 Å². The number of hydrogen-bond acceptors (Lipinski definition) is 3. The molecule has 0 aliphatic carbocycles. The van der Waals surface area contributed by atoms with Gasteiger partial charge in [-0.1, -0.05) is 18.2 Å². The topological polar surface area (TPSA) is 37.4 Å². The van der Waals surface area contributed by atoms with Crippen molar-refractivity contribution in [2.45, 2.75) is 17.7 Å². The van der Waals surface area contributed by atoms with Crippen molar-refractivity contribution in [2.75, 3.05) is 25.4 Å². The van der Waals surface area contributed by atoms with E-state index in [2.05, 4.69) is 4.90 Å². The van der Waals surface area contributed by atoms with Crippen LogP contribution in [0.25, 0.3) is 0 Å². The maximum atomic E-state index is 12.0. The van der Waals surface area contributed by atoms with Crippen LogP contribution in [-0.2, 0) is 9.84 Å². The number of benzene rings is 1. The van der Waals surface area contributed by atoms with Crippen molar-refractivity contribution in [3.05, 3.63) is 30.3 Å². The van der Waals surface area contributed by atoms with Crippen LogP contribution in [0, 0.1) is 0 Å². The first kappa shape index (κ1) is 11.6. The molecule has 0 amide bonds. The molecule has 0 bridgehead atoms. The Morgan fingerprint density at radius 1 is 1.06 bits per heavy atom. The first-order valence-electron chi connectivity index (χ1n) is 5.69. The smallest absolute Gasteiger partial charge is 0.179 e. The van der Waals surface area contributed by atoms with Crippen molar-refractivity contribution >= 4 is 9.84 Å². The fourth-order valence-corrected chi connectivity index (χ4v) is 3.31. The summed E-state index contributed by atoms with van der Waals surface area (Å²) < 4.78 is 23.9. The van der Waals surface area contributed by atoms with E-state index in [1.165, 1.54) is 12.8 Å². The van der Waals surface area contributed by atoms with Crippen LogP contribution in [0.1, 0.15) is 12.8 Å². The quantitative estimate of drug-likeness (QED) is 0.800. The average molecular weight is 239 g/mol. The van der Waals surface area contributed by atoms with Gasteiger partial charge in [0.2, 0.25) is 0 Å². The van der Waals surface area contributed by atoms with Gasteiger partial charge in [0.05, 0.1) is 10.6 Å². The molecule has 4 heteroatoms. The van der Waals surface area contributed by atoms with Gasteiger partial charge in [-0.2, -0.15) is 0 Å². The highest BCUT2D eigenvalue weighted by Crippen LogP contribution is 2.12. The molecule has 1 aliphatic heterocycles. The summed E-state index contributed by atoms with van der Waals surface area (Å²) in [5, 5.41) is 0. The van der Waals surface area contributed by atoms with Crippen molar-refractivity contribution in [3.63, 3.8) is 0 Å². The van der Waals surface area contributed by atoms with E-state index in [1.807, 2.05) is 6.07 Å². The average Bonchev–Trinajstić information content (AvgIpc) is 2.81. The third-order valence-electron chi connectivity index (χ3n) is 2.98. The summed E-state index contributed by atoms with van der Waals surface area (Å²) in [5.41, 5.74) is 0. The molecule has 0 N–H and O–H groups in total. The van der Waals surface area contributed by atoms with E-state index in [9.17, 15) is 8.42 Å². The molecule has 1 heterocycles. The first-order valence-corrected chi connectivity index (χ1v) is 7.34. The van der Waals surface area contributed by atoms with Gasteiger partial charge in [-0.05, 0) is 38.1 Å². The molecular weight excluding hydrogens is 222 g/mol. The minimum atomic E-state index is -3.09. The second-order valence-corrected chi connectivity index (χ2v) is 6.29. The van der Waals surface area contributed by atoms with Gasteiger partial charge in [0.25, 0.3) is 0 Å². The Morgan fingerprint density at radius 3 is 2.31 bits per heavy atom. The van der Waals surface area contributed by atoms with E-state index in [0.717, 1.165) is 13.1 Å². The predicted octanol–water partition coefficient (Wildman–Crippen LogP) is 1.56. The van der Waals surface area contributed by atoms with Crippen molar-refractivity contribution in [2.24, 2.45) is 0 Å². The second kappa shape index (κ2) is 4.97. The van der Waals surface area contributed by atoms with E-state index in [0.29, 0.717) is 11.4 Å². The molecule has 1 aromatic rings. The van der Waals surface area contributed by atoms with Crippen molar-refractivity contribution in [1.29, 1.82) is 0 Å². The van der Waals surface area contributed by atoms with E-state index in [-0.39, 0.29) is 5.75 Å². The summed E-state index contributed by atoms with van der Waals surface area (Å²) in [6.45, 7) is 2.76. The molecule has 1 saturated heterocycles. The molecule has 0 atom stereocenters. The van der Waals surface area contributed by atoms with Crippen LogP contribution in [0.15, 0.2) is 35.2 Å². The molecule has 1 aliphatic rings. The normalized spacial score (nSPS) is 17.8. The number of nitrogens with zero attached hydrogens (tertiary/aromatic N) is 1. The van der Waals surface area contributed by atoms with Crippen molar-refractivity contribution in [1.82, 2.24) is 4.90 Å². The summed E-state index contributed by atoms with van der Waals surface area (Å²) in [7, 11) is -3.09. The van der Waals surface area contributed by atoms with Crippen LogP contribution in [0.2, 0.25) is 0 Å². The molecule has 0 unspecified atom stereocenters. The third kappa shape index (κ3) is 2.83. The molecule has 16 heavy (non-hydrogen) atoms. The van der Waals surface area contributed by atoms with Gasteiger partial charge in [0.1, 0.15) is 0 Å².